The van der Waals surface area contributed by atoms with E-state index in [9.17, 15) is 5.11 Å². The maximum Gasteiger partial charge on any atom is 0.0556 e. The van der Waals surface area contributed by atoms with E-state index < -0.39 is 0 Å². The molecule has 1 aliphatic heterocycles. The Labute approximate surface area is 92.4 Å². The molecular weight excluding hydrogens is 190 g/mol. The fourth-order valence-corrected chi connectivity index (χ4v) is 2.70. The smallest absolute Gasteiger partial charge is 0.0556 e. The molecule has 0 bridgehead atoms. The molecule has 1 heterocycles. The van der Waals surface area contributed by atoms with E-state index in [1.165, 1.54) is 19.3 Å². The van der Waals surface area contributed by atoms with Gasteiger partial charge in [0.2, 0.25) is 0 Å². The Bertz CT molecular complexity index is 198. The van der Waals surface area contributed by atoms with E-state index >= 15 is 0 Å². The van der Waals surface area contributed by atoms with E-state index in [2.05, 4.69) is 11.9 Å². The molecule has 0 aromatic carbocycles. The molecule has 88 valence electrons. The van der Waals surface area contributed by atoms with Gasteiger partial charge in [0.25, 0.3) is 0 Å². The zero-order valence-electron chi connectivity index (χ0n) is 9.74. The highest BCUT2D eigenvalue weighted by Crippen LogP contribution is 2.32. The Hall–Kier alpha value is -0.120. The summed E-state index contributed by atoms with van der Waals surface area (Å²) in [6.45, 7) is 2.87. The van der Waals surface area contributed by atoms with Crippen molar-refractivity contribution in [2.24, 2.45) is 5.41 Å². The summed E-state index contributed by atoms with van der Waals surface area (Å²) < 4.78 is 5.52. The first-order valence-electron chi connectivity index (χ1n) is 6.15. The normalized spacial score (nSPS) is 33.0. The van der Waals surface area contributed by atoms with E-state index in [1.807, 2.05) is 0 Å². The second-order valence-corrected chi connectivity index (χ2v) is 5.31. The first-order chi connectivity index (χ1) is 7.26. The molecule has 2 fully saturated rings. The zero-order chi connectivity index (χ0) is 10.7. The van der Waals surface area contributed by atoms with Gasteiger partial charge in [0, 0.05) is 24.6 Å². The molecule has 0 aromatic heterocycles. The average molecular weight is 213 g/mol. The third-order valence-electron chi connectivity index (χ3n) is 4.02. The third kappa shape index (κ3) is 2.52. The Morgan fingerprint density at radius 2 is 2.20 bits per heavy atom. The number of ether oxygens (including phenoxy) is 1. The van der Waals surface area contributed by atoms with Crippen LogP contribution < -0.4 is 0 Å². The zero-order valence-corrected chi connectivity index (χ0v) is 9.74. The van der Waals surface area contributed by atoms with Crippen molar-refractivity contribution >= 4 is 0 Å². The van der Waals surface area contributed by atoms with Crippen LogP contribution in [-0.2, 0) is 4.74 Å². The summed E-state index contributed by atoms with van der Waals surface area (Å²) in [5.74, 6) is 0. The summed E-state index contributed by atoms with van der Waals surface area (Å²) in [6.07, 6.45) is 6.25. The second kappa shape index (κ2) is 4.81. The standard InChI is InChI=1S/C12H23NO2/c1-13(11-4-2-5-11)8-12(9-14)6-3-7-15-10-12/h11,14H,2-10H2,1H3. The average Bonchev–Trinajstić information content (AvgIpc) is 2.16. The van der Waals surface area contributed by atoms with Gasteiger partial charge in [-0.05, 0) is 32.7 Å². The van der Waals surface area contributed by atoms with E-state index in [0.29, 0.717) is 0 Å². The predicted octanol–water partition coefficient (Wildman–Crippen LogP) is 1.26. The van der Waals surface area contributed by atoms with Gasteiger partial charge in [0.05, 0.1) is 13.2 Å². The molecule has 1 saturated heterocycles. The van der Waals surface area contributed by atoms with Crippen LogP contribution in [0.5, 0.6) is 0 Å². The van der Waals surface area contributed by atoms with Gasteiger partial charge >= 0.3 is 0 Å². The van der Waals surface area contributed by atoms with E-state index in [-0.39, 0.29) is 12.0 Å². The number of nitrogens with zero attached hydrogens (tertiary/aromatic N) is 1. The summed E-state index contributed by atoms with van der Waals surface area (Å²) in [7, 11) is 2.19. The summed E-state index contributed by atoms with van der Waals surface area (Å²) in [5.41, 5.74) is 0.0165. The highest BCUT2D eigenvalue weighted by molar-refractivity contribution is 4.87. The van der Waals surface area contributed by atoms with Crippen molar-refractivity contribution < 1.29 is 9.84 Å². The largest absolute Gasteiger partial charge is 0.396 e. The number of aliphatic hydroxyl groups is 1. The number of aliphatic hydroxyl groups excluding tert-OH is 1. The lowest BCUT2D eigenvalue weighted by Gasteiger charge is -2.43. The van der Waals surface area contributed by atoms with Crippen LogP contribution in [-0.4, -0.2) is 49.5 Å². The van der Waals surface area contributed by atoms with Crippen LogP contribution in [0.2, 0.25) is 0 Å². The first-order valence-corrected chi connectivity index (χ1v) is 6.15. The predicted molar refractivity (Wildman–Crippen MR) is 59.8 cm³/mol. The van der Waals surface area contributed by atoms with Gasteiger partial charge in [-0.1, -0.05) is 6.42 Å². The molecular formula is C12H23NO2. The van der Waals surface area contributed by atoms with Gasteiger partial charge < -0.3 is 14.7 Å². The van der Waals surface area contributed by atoms with E-state index in [1.54, 1.807) is 0 Å². The maximum atomic E-state index is 9.56. The van der Waals surface area contributed by atoms with Crippen LogP contribution in [0.15, 0.2) is 0 Å². The Kier molecular flexibility index (Phi) is 3.65. The van der Waals surface area contributed by atoms with Crippen LogP contribution in [0.4, 0.5) is 0 Å². The molecule has 1 atom stereocenters. The molecule has 2 aliphatic rings. The quantitative estimate of drug-likeness (QED) is 0.763. The van der Waals surface area contributed by atoms with Crippen LogP contribution >= 0.6 is 0 Å². The van der Waals surface area contributed by atoms with Gasteiger partial charge in [0.15, 0.2) is 0 Å². The fraction of sp³-hybridized carbons (Fsp3) is 1.00. The van der Waals surface area contributed by atoms with Crippen molar-refractivity contribution in [1.29, 1.82) is 0 Å². The molecule has 0 amide bonds. The number of hydrogen-bond acceptors (Lipinski definition) is 3. The van der Waals surface area contributed by atoms with Crippen molar-refractivity contribution in [3.05, 3.63) is 0 Å². The van der Waals surface area contributed by atoms with Gasteiger partial charge in [-0.3, -0.25) is 0 Å². The maximum absolute atomic E-state index is 9.56. The molecule has 0 radical (unpaired) electrons. The topological polar surface area (TPSA) is 32.7 Å². The SMILES string of the molecule is CN(CC1(CO)CCCOC1)C1CCC1. The monoisotopic (exact) mass is 213 g/mol. The molecule has 1 unspecified atom stereocenters. The van der Waals surface area contributed by atoms with Crippen molar-refractivity contribution in [2.45, 2.75) is 38.1 Å². The third-order valence-corrected chi connectivity index (χ3v) is 4.02. The van der Waals surface area contributed by atoms with Crippen LogP contribution in [0, 0.1) is 5.41 Å². The highest BCUT2D eigenvalue weighted by atomic mass is 16.5. The molecule has 3 heteroatoms. The lowest BCUT2D eigenvalue weighted by atomic mass is 9.81. The minimum absolute atomic E-state index is 0.0165. The molecule has 3 nitrogen and oxygen atoms in total. The van der Waals surface area contributed by atoms with Crippen molar-refractivity contribution in [3.63, 3.8) is 0 Å². The minimum Gasteiger partial charge on any atom is -0.396 e. The van der Waals surface area contributed by atoms with Crippen molar-refractivity contribution in [3.8, 4) is 0 Å². The highest BCUT2D eigenvalue weighted by Gasteiger charge is 2.35. The molecule has 1 aliphatic carbocycles. The summed E-state index contributed by atoms with van der Waals surface area (Å²) in [6, 6.07) is 0.760. The minimum atomic E-state index is 0.0165. The Morgan fingerprint density at radius 3 is 2.67 bits per heavy atom. The second-order valence-electron chi connectivity index (χ2n) is 5.31. The number of rotatable bonds is 4. The van der Waals surface area contributed by atoms with Crippen molar-refractivity contribution in [2.75, 3.05) is 33.4 Å². The van der Waals surface area contributed by atoms with Crippen LogP contribution in [0.3, 0.4) is 0 Å². The van der Waals surface area contributed by atoms with Gasteiger partial charge in [-0.15, -0.1) is 0 Å². The molecule has 0 aromatic rings. The fourth-order valence-electron chi connectivity index (χ4n) is 2.70. The summed E-state index contributed by atoms with van der Waals surface area (Å²) in [5, 5.41) is 9.56. The molecule has 0 spiro atoms. The van der Waals surface area contributed by atoms with E-state index in [4.69, 9.17) is 4.74 Å². The van der Waals surface area contributed by atoms with Gasteiger partial charge in [-0.25, -0.2) is 0 Å². The molecule has 1 saturated carbocycles. The van der Waals surface area contributed by atoms with E-state index in [0.717, 1.165) is 38.6 Å². The molecule has 2 rings (SSSR count). The Balaban J connectivity index is 1.87. The van der Waals surface area contributed by atoms with Crippen LogP contribution in [0.25, 0.3) is 0 Å². The summed E-state index contributed by atoms with van der Waals surface area (Å²) in [4.78, 5) is 2.42. The lowest BCUT2D eigenvalue weighted by molar-refractivity contribution is -0.0611. The summed E-state index contributed by atoms with van der Waals surface area (Å²) >= 11 is 0. The first kappa shape index (κ1) is 11.4. The van der Waals surface area contributed by atoms with Crippen molar-refractivity contribution in [1.82, 2.24) is 4.90 Å². The lowest BCUT2D eigenvalue weighted by Crippen LogP contribution is -2.49. The van der Waals surface area contributed by atoms with Gasteiger partial charge in [-0.2, -0.15) is 0 Å². The van der Waals surface area contributed by atoms with Crippen LogP contribution in [0.1, 0.15) is 32.1 Å². The molecule has 1 N–H and O–H groups in total. The van der Waals surface area contributed by atoms with Gasteiger partial charge in [0.1, 0.15) is 0 Å². The number of hydrogen-bond donors (Lipinski definition) is 1. The Morgan fingerprint density at radius 1 is 1.40 bits per heavy atom. The molecule has 15 heavy (non-hydrogen) atoms.